The van der Waals surface area contributed by atoms with Gasteiger partial charge in [-0.1, -0.05) is 18.0 Å². The number of aromatic nitrogens is 2. The fraction of sp³-hybridized carbons (Fsp3) is 0.800. The number of nitrogens with zero attached hydrogens (tertiary/aromatic N) is 3. The second kappa shape index (κ2) is 6.16. The SMILES string of the molecule is Cl.O=C(O)C1CC2CCCCC2N1Cc1nc(C2CC2)no1. The van der Waals surface area contributed by atoms with Crippen molar-refractivity contribution in [2.75, 3.05) is 0 Å². The Morgan fingerprint density at radius 2 is 2.05 bits per heavy atom. The Kier molecular flexibility index (Phi) is 4.41. The summed E-state index contributed by atoms with van der Waals surface area (Å²) in [5.41, 5.74) is 0. The Hall–Kier alpha value is -1.14. The van der Waals surface area contributed by atoms with Crippen molar-refractivity contribution in [2.45, 2.75) is 69.5 Å². The van der Waals surface area contributed by atoms with Crippen molar-refractivity contribution in [3.05, 3.63) is 11.7 Å². The van der Waals surface area contributed by atoms with E-state index in [1.54, 1.807) is 0 Å². The first-order valence-corrected chi connectivity index (χ1v) is 8.03. The molecular weight excluding hydrogens is 306 g/mol. The van der Waals surface area contributed by atoms with Crippen LogP contribution >= 0.6 is 12.4 Å². The molecule has 2 saturated carbocycles. The van der Waals surface area contributed by atoms with Crippen LogP contribution in [0.2, 0.25) is 0 Å². The van der Waals surface area contributed by atoms with Gasteiger partial charge in [-0.05, 0) is 38.0 Å². The smallest absolute Gasteiger partial charge is 0.320 e. The standard InChI is InChI=1S/C15H21N3O3.ClH/c19-15(20)12-7-10-3-1-2-4-11(10)18(12)8-13-16-14(17-21-13)9-5-6-9;/h9-12H,1-8H2,(H,19,20);1H. The number of carbonyl (C=O) groups is 1. The number of likely N-dealkylation sites (tertiary alicyclic amines) is 1. The number of rotatable bonds is 4. The molecule has 2 aliphatic carbocycles. The highest BCUT2D eigenvalue weighted by molar-refractivity contribution is 5.85. The number of hydrogen-bond donors (Lipinski definition) is 1. The number of aliphatic carboxylic acids is 1. The average Bonchev–Trinajstić information content (AvgIpc) is 3.12. The van der Waals surface area contributed by atoms with Gasteiger partial charge in [0.2, 0.25) is 5.89 Å². The fourth-order valence-electron chi connectivity index (χ4n) is 4.02. The molecule has 0 radical (unpaired) electrons. The van der Waals surface area contributed by atoms with Crippen LogP contribution in [0.25, 0.3) is 0 Å². The minimum atomic E-state index is -0.716. The van der Waals surface area contributed by atoms with Gasteiger partial charge in [0.25, 0.3) is 0 Å². The third-order valence-corrected chi connectivity index (χ3v) is 5.25. The van der Waals surface area contributed by atoms with Crippen LogP contribution in [0.1, 0.15) is 62.6 Å². The summed E-state index contributed by atoms with van der Waals surface area (Å²) in [4.78, 5) is 18.1. The summed E-state index contributed by atoms with van der Waals surface area (Å²) in [6.07, 6.45) is 7.73. The van der Waals surface area contributed by atoms with Crippen LogP contribution in [-0.4, -0.2) is 38.2 Å². The molecule has 0 amide bonds. The number of carboxylic acids is 1. The van der Waals surface area contributed by atoms with Crippen LogP contribution in [0.3, 0.4) is 0 Å². The summed E-state index contributed by atoms with van der Waals surface area (Å²) in [6, 6.07) is -0.0227. The molecule has 3 aliphatic rings. The van der Waals surface area contributed by atoms with Crippen molar-refractivity contribution >= 4 is 18.4 Å². The molecule has 6 nitrogen and oxygen atoms in total. The third-order valence-electron chi connectivity index (χ3n) is 5.25. The molecule has 1 saturated heterocycles. The molecule has 3 atom stereocenters. The zero-order valence-corrected chi connectivity index (χ0v) is 13.3. The van der Waals surface area contributed by atoms with Crippen molar-refractivity contribution in [1.29, 1.82) is 0 Å². The maximum atomic E-state index is 11.6. The summed E-state index contributed by atoms with van der Waals surface area (Å²) in [5, 5.41) is 13.5. The highest BCUT2D eigenvalue weighted by atomic mass is 35.5. The van der Waals surface area contributed by atoms with E-state index in [0.717, 1.165) is 37.9 Å². The summed E-state index contributed by atoms with van der Waals surface area (Å²) in [6.45, 7) is 0.484. The van der Waals surface area contributed by atoms with Gasteiger partial charge in [0.1, 0.15) is 6.04 Å². The number of fused-ring (bicyclic) bond motifs is 1. The van der Waals surface area contributed by atoms with Crippen molar-refractivity contribution in [2.24, 2.45) is 5.92 Å². The van der Waals surface area contributed by atoms with Gasteiger partial charge in [-0.25, -0.2) is 0 Å². The molecular formula is C15H22ClN3O3. The zero-order chi connectivity index (χ0) is 14.4. The maximum Gasteiger partial charge on any atom is 0.320 e. The molecule has 2 heterocycles. The lowest BCUT2D eigenvalue weighted by molar-refractivity contribution is -0.143. The van der Waals surface area contributed by atoms with Crippen molar-refractivity contribution in [3.63, 3.8) is 0 Å². The molecule has 1 aromatic rings. The second-order valence-electron chi connectivity index (χ2n) is 6.69. The summed E-state index contributed by atoms with van der Waals surface area (Å²) >= 11 is 0. The van der Waals surface area contributed by atoms with Crippen molar-refractivity contribution in [1.82, 2.24) is 15.0 Å². The van der Waals surface area contributed by atoms with E-state index in [9.17, 15) is 9.90 Å². The van der Waals surface area contributed by atoms with E-state index in [-0.39, 0.29) is 12.4 Å². The van der Waals surface area contributed by atoms with Crippen LogP contribution < -0.4 is 0 Å². The molecule has 3 unspecified atom stereocenters. The molecule has 1 aliphatic heterocycles. The topological polar surface area (TPSA) is 79.5 Å². The van der Waals surface area contributed by atoms with E-state index in [1.807, 2.05) is 0 Å². The van der Waals surface area contributed by atoms with Crippen molar-refractivity contribution in [3.8, 4) is 0 Å². The Morgan fingerprint density at radius 1 is 1.27 bits per heavy atom. The molecule has 0 bridgehead atoms. The Labute approximate surface area is 135 Å². The lowest BCUT2D eigenvalue weighted by Gasteiger charge is -2.31. The van der Waals surface area contributed by atoms with E-state index in [0.29, 0.717) is 30.3 Å². The minimum Gasteiger partial charge on any atom is -0.480 e. The average molecular weight is 328 g/mol. The number of hydrogen-bond acceptors (Lipinski definition) is 5. The van der Waals surface area contributed by atoms with Gasteiger partial charge in [0.15, 0.2) is 5.82 Å². The molecule has 3 fully saturated rings. The van der Waals surface area contributed by atoms with Gasteiger partial charge in [0, 0.05) is 12.0 Å². The maximum absolute atomic E-state index is 11.6. The van der Waals surface area contributed by atoms with Crippen LogP contribution in [0.5, 0.6) is 0 Å². The van der Waals surface area contributed by atoms with Gasteiger partial charge in [0.05, 0.1) is 6.54 Å². The second-order valence-corrected chi connectivity index (χ2v) is 6.69. The Balaban J connectivity index is 0.00000144. The Bertz CT molecular complexity index is 546. The highest BCUT2D eigenvalue weighted by Gasteiger charge is 2.45. The van der Waals surface area contributed by atoms with Crippen LogP contribution in [-0.2, 0) is 11.3 Å². The molecule has 4 rings (SSSR count). The van der Waals surface area contributed by atoms with E-state index in [4.69, 9.17) is 4.52 Å². The molecule has 7 heteroatoms. The predicted octanol–water partition coefficient (Wildman–Crippen LogP) is 2.59. The zero-order valence-electron chi connectivity index (χ0n) is 12.5. The molecule has 0 aromatic carbocycles. The van der Waals surface area contributed by atoms with E-state index >= 15 is 0 Å². The van der Waals surface area contributed by atoms with Gasteiger partial charge in [-0.15, -0.1) is 12.4 Å². The summed E-state index contributed by atoms with van der Waals surface area (Å²) in [7, 11) is 0. The number of carboxylic acid groups (broad SMARTS) is 1. The van der Waals surface area contributed by atoms with E-state index in [1.165, 1.54) is 12.8 Å². The van der Waals surface area contributed by atoms with E-state index < -0.39 is 12.0 Å². The van der Waals surface area contributed by atoms with Gasteiger partial charge in [-0.2, -0.15) is 4.98 Å². The number of halogens is 1. The summed E-state index contributed by atoms with van der Waals surface area (Å²) < 4.78 is 5.34. The lowest BCUT2D eigenvalue weighted by atomic mass is 9.85. The van der Waals surface area contributed by atoms with Crippen LogP contribution in [0.15, 0.2) is 4.52 Å². The molecule has 1 aromatic heterocycles. The molecule has 0 spiro atoms. The molecule has 122 valence electrons. The Morgan fingerprint density at radius 3 is 2.77 bits per heavy atom. The highest BCUT2D eigenvalue weighted by Crippen LogP contribution is 2.41. The quantitative estimate of drug-likeness (QED) is 0.915. The molecule has 22 heavy (non-hydrogen) atoms. The fourth-order valence-corrected chi connectivity index (χ4v) is 4.02. The van der Waals surface area contributed by atoms with Crippen molar-refractivity contribution < 1.29 is 14.4 Å². The largest absolute Gasteiger partial charge is 0.480 e. The van der Waals surface area contributed by atoms with Crippen LogP contribution in [0.4, 0.5) is 0 Å². The van der Waals surface area contributed by atoms with Crippen LogP contribution in [0, 0.1) is 5.92 Å². The first-order valence-electron chi connectivity index (χ1n) is 8.03. The van der Waals surface area contributed by atoms with Gasteiger partial charge >= 0.3 is 5.97 Å². The molecule has 1 N–H and O–H groups in total. The summed E-state index contributed by atoms with van der Waals surface area (Å²) in [5.74, 6) is 1.65. The van der Waals surface area contributed by atoms with Gasteiger partial charge < -0.3 is 9.63 Å². The van der Waals surface area contributed by atoms with Gasteiger partial charge in [-0.3, -0.25) is 9.69 Å². The normalized spacial score (nSPS) is 31.5. The first-order chi connectivity index (χ1) is 10.2. The minimum absolute atomic E-state index is 0. The monoisotopic (exact) mass is 327 g/mol. The lowest BCUT2D eigenvalue weighted by Crippen LogP contribution is -2.41. The first kappa shape index (κ1) is 15.7. The predicted molar refractivity (Wildman–Crippen MR) is 80.9 cm³/mol. The van der Waals surface area contributed by atoms with E-state index in [2.05, 4.69) is 15.0 Å². The third kappa shape index (κ3) is 2.86.